The van der Waals surface area contributed by atoms with Gasteiger partial charge in [-0.2, -0.15) is 5.26 Å². The number of amides is 4. The number of benzene rings is 2. The minimum Gasteiger partial charge on any atom is -0.463 e. The smallest absolute Gasteiger partial charge is 0.319 e. The third-order valence-corrected chi connectivity index (χ3v) is 12.3. The molecule has 3 aliphatic rings. The van der Waals surface area contributed by atoms with Gasteiger partial charge in [0.25, 0.3) is 11.8 Å². The van der Waals surface area contributed by atoms with Gasteiger partial charge in [0.05, 0.1) is 42.5 Å². The Morgan fingerprint density at radius 2 is 1.67 bits per heavy atom. The Kier molecular flexibility index (Phi) is 15.8. The summed E-state index contributed by atoms with van der Waals surface area (Å²) < 4.78 is 33.0. The number of alkyl halides is 2. The molecule has 6 rings (SSSR count). The molecule has 1 aliphatic heterocycles. The van der Waals surface area contributed by atoms with E-state index in [0.29, 0.717) is 47.8 Å². The second-order valence-electron chi connectivity index (χ2n) is 16.8. The van der Waals surface area contributed by atoms with Crippen molar-refractivity contribution in [3.8, 4) is 6.07 Å². The average molecular weight is 903 g/mol. The van der Waals surface area contributed by atoms with Gasteiger partial charge in [0.1, 0.15) is 12.6 Å². The number of pyridine rings is 1. The molecule has 0 radical (unpaired) electrons. The normalized spacial score (nSPS) is 20.7. The van der Waals surface area contributed by atoms with Crippen molar-refractivity contribution in [2.45, 2.75) is 101 Å². The molecule has 64 heavy (non-hydrogen) atoms. The van der Waals surface area contributed by atoms with Gasteiger partial charge in [-0.3, -0.25) is 33.9 Å². The molecule has 1 aromatic heterocycles. The first-order valence-electron chi connectivity index (χ1n) is 21.8. The third-order valence-electron chi connectivity index (χ3n) is 12.1. The van der Waals surface area contributed by atoms with Crippen LogP contribution in [0.3, 0.4) is 0 Å². The van der Waals surface area contributed by atoms with Gasteiger partial charge in [-0.15, -0.1) is 0 Å². The summed E-state index contributed by atoms with van der Waals surface area (Å²) in [5, 5.41) is 28.4. The molecule has 2 heterocycles. The van der Waals surface area contributed by atoms with Crippen LogP contribution in [0.1, 0.15) is 87.6 Å². The highest BCUT2D eigenvalue weighted by Crippen LogP contribution is 2.50. The number of ether oxygens (including phenoxy) is 1. The summed E-state index contributed by atoms with van der Waals surface area (Å²) in [5.74, 6) is -5.56. The lowest BCUT2D eigenvalue weighted by molar-refractivity contribution is -0.143. The van der Waals surface area contributed by atoms with E-state index in [1.807, 2.05) is 31.2 Å². The van der Waals surface area contributed by atoms with Crippen molar-refractivity contribution in [3.05, 3.63) is 65.9 Å². The summed E-state index contributed by atoms with van der Waals surface area (Å²) in [7, 11) is 0. The largest absolute Gasteiger partial charge is 0.463 e. The molecule has 16 nitrogen and oxygen atoms in total. The van der Waals surface area contributed by atoms with E-state index in [4.69, 9.17) is 17.0 Å². The minimum absolute atomic E-state index is 0.0419. The quantitative estimate of drug-likeness (QED) is 0.0530. The zero-order chi connectivity index (χ0) is 45.9. The van der Waals surface area contributed by atoms with Crippen LogP contribution in [0.25, 0.3) is 10.9 Å². The van der Waals surface area contributed by atoms with Crippen molar-refractivity contribution in [1.82, 2.24) is 36.1 Å². The lowest BCUT2D eigenvalue weighted by Gasteiger charge is -2.30. The van der Waals surface area contributed by atoms with Gasteiger partial charge in [-0.1, -0.05) is 38.1 Å². The van der Waals surface area contributed by atoms with Crippen LogP contribution < -0.4 is 31.9 Å². The van der Waals surface area contributed by atoms with E-state index >= 15 is 0 Å². The maximum absolute atomic E-state index is 13.8. The number of esters is 1. The third kappa shape index (κ3) is 12.4. The first-order valence-corrected chi connectivity index (χ1v) is 22.2. The highest BCUT2D eigenvalue weighted by Gasteiger charge is 2.55. The number of fused-ring (bicyclic) bond motifs is 3. The summed E-state index contributed by atoms with van der Waals surface area (Å²) in [6, 6.07) is 14.8. The van der Waals surface area contributed by atoms with Crippen molar-refractivity contribution in [1.29, 1.82) is 5.26 Å². The first kappa shape index (κ1) is 47.6. The fraction of sp³-hybridized carbons (Fsp3) is 0.511. The molecule has 6 N–H and O–H groups in total. The zero-order valence-corrected chi connectivity index (χ0v) is 37.0. The Balaban J connectivity index is 0.927. The first-order chi connectivity index (χ1) is 30.6. The van der Waals surface area contributed by atoms with Crippen LogP contribution in [0, 0.1) is 11.3 Å². The number of thiocarbonyl (C=S) groups is 1. The van der Waals surface area contributed by atoms with E-state index in [0.717, 1.165) is 61.3 Å². The fourth-order valence-corrected chi connectivity index (χ4v) is 9.11. The number of carbonyl (C=O) groups is 5. The lowest BCUT2D eigenvalue weighted by atomic mass is 9.91. The number of likely N-dealkylation sites (tertiary alicyclic amines) is 1. The average Bonchev–Trinajstić information content (AvgIpc) is 3.92. The second kappa shape index (κ2) is 21.2. The lowest BCUT2D eigenvalue weighted by Crippen LogP contribution is -2.47. The number of para-hydroxylation sites is 1. The maximum Gasteiger partial charge on any atom is 0.319 e. The molecule has 2 saturated carbocycles. The monoisotopic (exact) mass is 902 g/mol. The predicted octanol–water partition coefficient (Wildman–Crippen LogP) is 4.37. The highest BCUT2D eigenvalue weighted by molar-refractivity contribution is 7.80. The van der Waals surface area contributed by atoms with Crippen LogP contribution >= 0.6 is 12.2 Å². The van der Waals surface area contributed by atoms with Crippen molar-refractivity contribution >= 4 is 69.2 Å². The number of anilines is 2. The fourth-order valence-electron chi connectivity index (χ4n) is 8.78. The van der Waals surface area contributed by atoms with E-state index in [1.54, 1.807) is 24.3 Å². The van der Waals surface area contributed by atoms with Crippen LogP contribution in [0.2, 0.25) is 0 Å². The SMILES string of the molecule is CCCNCC(=O)OCCN(CC)Cc1ccc(NC(=S)NC23CCC(NC(=O)CCC(=O)Nc4cccc5c(C(=O)NCC(=O)N6CC(F)(F)C[C@H]6C#N)ccnc45)(CC2)C3)cc1. The van der Waals surface area contributed by atoms with Crippen LogP contribution in [0.5, 0.6) is 0 Å². The summed E-state index contributed by atoms with van der Waals surface area (Å²) >= 11 is 5.73. The molecule has 1 saturated heterocycles. The molecule has 342 valence electrons. The van der Waals surface area contributed by atoms with Gasteiger partial charge < -0.3 is 41.5 Å². The number of halogens is 2. The summed E-state index contributed by atoms with van der Waals surface area (Å²) in [6.45, 7) is 6.14. The van der Waals surface area contributed by atoms with Crippen molar-refractivity contribution < 1.29 is 37.5 Å². The van der Waals surface area contributed by atoms with Crippen molar-refractivity contribution in [3.63, 3.8) is 0 Å². The van der Waals surface area contributed by atoms with E-state index in [-0.39, 0.29) is 42.4 Å². The van der Waals surface area contributed by atoms with Gasteiger partial charge in [-0.25, -0.2) is 8.78 Å². The predicted molar refractivity (Wildman–Crippen MR) is 240 cm³/mol. The van der Waals surface area contributed by atoms with E-state index in [2.05, 4.69) is 48.7 Å². The molecule has 0 unspecified atom stereocenters. The van der Waals surface area contributed by atoms with E-state index < -0.39 is 54.7 Å². The molecule has 0 spiro atoms. The van der Waals surface area contributed by atoms with Gasteiger partial charge in [-0.05, 0) is 93.7 Å². The van der Waals surface area contributed by atoms with Crippen LogP contribution in [-0.2, 0) is 30.5 Å². The molecule has 1 atom stereocenters. The van der Waals surface area contributed by atoms with Gasteiger partial charge in [0.15, 0.2) is 5.11 Å². The van der Waals surface area contributed by atoms with Gasteiger partial charge in [0, 0.05) is 60.7 Å². The summed E-state index contributed by atoms with van der Waals surface area (Å²) in [6.07, 6.45) is 5.34. The number of aromatic nitrogens is 1. The van der Waals surface area contributed by atoms with Gasteiger partial charge >= 0.3 is 5.97 Å². The van der Waals surface area contributed by atoms with Crippen LogP contribution in [0.15, 0.2) is 54.7 Å². The van der Waals surface area contributed by atoms with E-state index in [1.165, 1.54) is 12.3 Å². The second-order valence-corrected chi connectivity index (χ2v) is 17.3. The van der Waals surface area contributed by atoms with E-state index in [9.17, 15) is 38.0 Å². The molecule has 2 bridgehead atoms. The Hall–Kier alpha value is -5.84. The number of hydrogen-bond donors (Lipinski definition) is 6. The highest BCUT2D eigenvalue weighted by atomic mass is 32.1. The molecular formula is C45H56F2N10O6S. The van der Waals surface area contributed by atoms with Crippen LogP contribution in [-0.4, -0.2) is 118 Å². The Bertz CT molecular complexity index is 2250. The molecular weight excluding hydrogens is 847 g/mol. The number of nitriles is 1. The summed E-state index contributed by atoms with van der Waals surface area (Å²) in [4.78, 5) is 71.3. The minimum atomic E-state index is -3.18. The molecule has 4 amide bonds. The van der Waals surface area contributed by atoms with Gasteiger partial charge in [0.2, 0.25) is 17.7 Å². The number of likely N-dealkylation sites (N-methyl/N-ethyl adjacent to an activating group) is 1. The topological polar surface area (TPSA) is 210 Å². The molecule has 3 fully saturated rings. The Labute approximate surface area is 376 Å². The standard InChI is InChI=1S/C45H56F2N10O6S/c1-3-19-49-26-39(61)63-22-21-56(4-2)27-30-8-10-31(11-9-30)52-42(64)55-44-17-15-43(28-44,16-18-44)54-37(59)13-12-36(58)53-35-7-5-6-33-34(14-20-50-40(33)35)41(62)51-25-38(60)57-29-45(46,47)23-32(57)24-48/h5-11,14,20,32,49H,3-4,12-13,15-19,21-23,25-29H2,1-2H3,(H,51,62)(H,53,58)(H,54,59)(H2,52,55,64)/t32-,43?,44?/m0/s1. The molecule has 19 heteroatoms. The Morgan fingerprint density at radius 3 is 2.38 bits per heavy atom. The maximum atomic E-state index is 13.8. The number of nitrogens with zero attached hydrogens (tertiary/aromatic N) is 4. The molecule has 3 aromatic rings. The number of carbonyl (C=O) groups excluding carboxylic acids is 5. The Morgan fingerprint density at radius 1 is 0.953 bits per heavy atom. The number of nitrogens with one attached hydrogen (secondary N) is 6. The number of hydrogen-bond acceptors (Lipinski definition) is 11. The van der Waals surface area contributed by atoms with Crippen molar-refractivity contribution in [2.75, 3.05) is 56.5 Å². The molecule has 2 aromatic carbocycles. The summed E-state index contributed by atoms with van der Waals surface area (Å²) in [5.41, 5.74) is 2.07. The van der Waals surface area contributed by atoms with Crippen LogP contribution in [0.4, 0.5) is 20.2 Å². The number of rotatable bonds is 20. The zero-order valence-electron chi connectivity index (χ0n) is 36.2. The van der Waals surface area contributed by atoms with Crippen molar-refractivity contribution in [2.24, 2.45) is 0 Å². The molecule has 2 aliphatic carbocycles.